The van der Waals surface area contributed by atoms with E-state index in [0.29, 0.717) is 19.5 Å². The van der Waals surface area contributed by atoms with Crippen molar-refractivity contribution in [3.63, 3.8) is 0 Å². The van der Waals surface area contributed by atoms with E-state index in [0.717, 1.165) is 18.6 Å². The van der Waals surface area contributed by atoms with Gasteiger partial charge in [0.2, 0.25) is 11.8 Å². The van der Waals surface area contributed by atoms with Crippen LogP contribution in [0.25, 0.3) is 0 Å². The third-order valence-electron chi connectivity index (χ3n) is 3.91. The lowest BCUT2D eigenvalue weighted by atomic mass is 9.91. The number of hydrogen-bond acceptors (Lipinski definition) is 2. The molecule has 1 aliphatic heterocycles. The Morgan fingerprint density at radius 1 is 1.26 bits per heavy atom. The van der Waals surface area contributed by atoms with E-state index >= 15 is 0 Å². The summed E-state index contributed by atoms with van der Waals surface area (Å²) in [6.07, 6.45) is 1.37. The van der Waals surface area contributed by atoms with Crippen LogP contribution in [0.5, 0.6) is 0 Å². The lowest BCUT2D eigenvalue weighted by Crippen LogP contribution is -2.47. The highest BCUT2D eigenvalue weighted by atomic mass is 19.1. The normalized spacial score (nSPS) is 18.7. The van der Waals surface area contributed by atoms with Gasteiger partial charge < -0.3 is 10.2 Å². The number of benzene rings is 1. The third kappa shape index (κ3) is 4.27. The maximum atomic E-state index is 13.6. The minimum atomic E-state index is -0.809. The van der Waals surface area contributed by atoms with Gasteiger partial charge in [0.25, 0.3) is 0 Å². The smallest absolute Gasteiger partial charge is 0.229 e. The lowest BCUT2D eigenvalue weighted by Gasteiger charge is -2.35. The number of halogens is 2. The van der Waals surface area contributed by atoms with Crippen molar-refractivity contribution in [2.24, 2.45) is 11.3 Å². The van der Waals surface area contributed by atoms with Crippen LogP contribution in [0, 0.1) is 23.0 Å². The number of nitrogens with one attached hydrogen (secondary N) is 1. The minimum Gasteiger partial charge on any atom is -0.341 e. The number of anilines is 1. The molecule has 6 heteroatoms. The zero-order valence-electron chi connectivity index (χ0n) is 13.7. The van der Waals surface area contributed by atoms with E-state index in [1.54, 1.807) is 4.90 Å². The first-order chi connectivity index (χ1) is 10.7. The Balaban J connectivity index is 2.03. The van der Waals surface area contributed by atoms with Gasteiger partial charge in [0.05, 0.1) is 11.6 Å². The SMILES string of the molecule is CC(C)(C)C(=O)N1CCC[C@H](C(=O)Nc2ccc(F)cc2F)C1. The molecular formula is C17H22F2N2O2. The molecule has 1 heterocycles. The number of hydrogen-bond donors (Lipinski definition) is 1. The molecule has 2 rings (SSSR count). The zero-order valence-corrected chi connectivity index (χ0v) is 13.7. The molecule has 0 radical (unpaired) electrons. The highest BCUT2D eigenvalue weighted by Crippen LogP contribution is 2.25. The van der Waals surface area contributed by atoms with Crippen molar-refractivity contribution < 1.29 is 18.4 Å². The van der Waals surface area contributed by atoms with Crippen LogP contribution < -0.4 is 5.32 Å². The van der Waals surface area contributed by atoms with Gasteiger partial charge in [0, 0.05) is 24.6 Å². The highest BCUT2D eigenvalue weighted by Gasteiger charge is 2.33. The molecule has 0 saturated carbocycles. The Morgan fingerprint density at radius 3 is 2.57 bits per heavy atom. The average molecular weight is 324 g/mol. The summed E-state index contributed by atoms with van der Waals surface area (Å²) in [4.78, 5) is 26.3. The van der Waals surface area contributed by atoms with Crippen LogP contribution in [0.2, 0.25) is 0 Å². The van der Waals surface area contributed by atoms with E-state index in [4.69, 9.17) is 0 Å². The second-order valence-electron chi connectivity index (χ2n) is 6.95. The summed E-state index contributed by atoms with van der Waals surface area (Å²) in [5.41, 5.74) is -0.544. The van der Waals surface area contributed by atoms with E-state index in [9.17, 15) is 18.4 Å². The molecule has 1 aromatic carbocycles. The quantitative estimate of drug-likeness (QED) is 0.908. The summed E-state index contributed by atoms with van der Waals surface area (Å²) in [7, 11) is 0. The average Bonchev–Trinajstić information content (AvgIpc) is 2.48. The summed E-state index contributed by atoms with van der Waals surface area (Å²) < 4.78 is 26.5. The first kappa shape index (κ1) is 17.4. The van der Waals surface area contributed by atoms with E-state index in [1.807, 2.05) is 20.8 Å². The third-order valence-corrected chi connectivity index (χ3v) is 3.91. The van der Waals surface area contributed by atoms with Crippen LogP contribution in [0.4, 0.5) is 14.5 Å². The minimum absolute atomic E-state index is 0.00274. The van der Waals surface area contributed by atoms with Crippen molar-refractivity contribution in [2.75, 3.05) is 18.4 Å². The first-order valence-corrected chi connectivity index (χ1v) is 7.74. The maximum absolute atomic E-state index is 13.6. The first-order valence-electron chi connectivity index (χ1n) is 7.74. The number of likely N-dealkylation sites (tertiary alicyclic amines) is 1. The molecule has 0 bridgehead atoms. The fourth-order valence-electron chi connectivity index (χ4n) is 2.68. The predicted octanol–water partition coefficient (Wildman–Crippen LogP) is 3.19. The second kappa shape index (κ2) is 6.64. The van der Waals surface area contributed by atoms with Crippen molar-refractivity contribution in [3.05, 3.63) is 29.8 Å². The fourth-order valence-corrected chi connectivity index (χ4v) is 2.68. The molecule has 1 aliphatic rings. The zero-order chi connectivity index (χ0) is 17.2. The van der Waals surface area contributed by atoms with Gasteiger partial charge in [-0.2, -0.15) is 0 Å². The van der Waals surface area contributed by atoms with Crippen LogP contribution in [0.15, 0.2) is 18.2 Å². The molecule has 0 spiro atoms. The molecule has 0 unspecified atom stereocenters. The van der Waals surface area contributed by atoms with Crippen LogP contribution in [0.3, 0.4) is 0 Å². The van der Waals surface area contributed by atoms with Gasteiger partial charge in [0.1, 0.15) is 11.6 Å². The van der Waals surface area contributed by atoms with Crippen molar-refractivity contribution in [1.29, 1.82) is 0 Å². The summed E-state index contributed by atoms with van der Waals surface area (Å²) in [6.45, 7) is 6.47. The monoisotopic (exact) mass is 324 g/mol. The fraction of sp³-hybridized carbons (Fsp3) is 0.529. The maximum Gasteiger partial charge on any atom is 0.229 e. The molecule has 0 aliphatic carbocycles. The second-order valence-corrected chi connectivity index (χ2v) is 6.95. The summed E-state index contributed by atoms with van der Waals surface area (Å²) in [5, 5.41) is 2.49. The van der Waals surface area contributed by atoms with Crippen molar-refractivity contribution in [2.45, 2.75) is 33.6 Å². The largest absolute Gasteiger partial charge is 0.341 e. The molecule has 0 aromatic heterocycles. The van der Waals surface area contributed by atoms with Gasteiger partial charge in [-0.3, -0.25) is 9.59 Å². The Labute approximate surface area is 134 Å². The number of nitrogens with zero attached hydrogens (tertiary/aromatic N) is 1. The molecule has 1 aromatic rings. The van der Waals surface area contributed by atoms with Crippen LogP contribution in [-0.2, 0) is 9.59 Å². The number of rotatable bonds is 2. The van der Waals surface area contributed by atoms with Crippen molar-refractivity contribution in [3.8, 4) is 0 Å². The molecule has 2 amide bonds. The molecule has 23 heavy (non-hydrogen) atoms. The Kier molecular flexibility index (Phi) is 5.02. The van der Waals surface area contributed by atoms with E-state index in [1.165, 1.54) is 6.07 Å². The molecule has 1 fully saturated rings. The van der Waals surface area contributed by atoms with Gasteiger partial charge in [-0.05, 0) is 25.0 Å². The number of carbonyl (C=O) groups excluding carboxylic acids is 2. The number of amides is 2. The molecule has 4 nitrogen and oxygen atoms in total. The molecule has 1 atom stereocenters. The highest BCUT2D eigenvalue weighted by molar-refractivity contribution is 5.93. The predicted molar refractivity (Wildman–Crippen MR) is 83.7 cm³/mol. The Hall–Kier alpha value is -1.98. The van der Waals surface area contributed by atoms with E-state index < -0.39 is 17.0 Å². The van der Waals surface area contributed by atoms with Crippen LogP contribution in [0.1, 0.15) is 33.6 Å². The van der Waals surface area contributed by atoms with Gasteiger partial charge in [-0.1, -0.05) is 20.8 Å². The van der Waals surface area contributed by atoms with E-state index in [2.05, 4.69) is 5.32 Å². The number of piperidine rings is 1. The molecule has 126 valence electrons. The van der Waals surface area contributed by atoms with Crippen LogP contribution in [-0.4, -0.2) is 29.8 Å². The standard InChI is InChI=1S/C17H22F2N2O2/c1-17(2,3)16(23)21-8-4-5-11(10-21)15(22)20-14-7-6-12(18)9-13(14)19/h6-7,9,11H,4-5,8,10H2,1-3H3,(H,20,22)/t11-/m0/s1. The lowest BCUT2D eigenvalue weighted by molar-refractivity contribution is -0.142. The van der Waals surface area contributed by atoms with Gasteiger partial charge >= 0.3 is 0 Å². The van der Waals surface area contributed by atoms with E-state index in [-0.39, 0.29) is 23.4 Å². The van der Waals surface area contributed by atoms with Gasteiger partial charge in [-0.25, -0.2) is 8.78 Å². The molecular weight excluding hydrogens is 302 g/mol. The Morgan fingerprint density at radius 2 is 1.96 bits per heavy atom. The topological polar surface area (TPSA) is 49.4 Å². The van der Waals surface area contributed by atoms with Crippen molar-refractivity contribution >= 4 is 17.5 Å². The summed E-state index contributed by atoms with van der Waals surface area (Å²) in [5.74, 6) is -2.23. The Bertz CT molecular complexity index is 611. The van der Waals surface area contributed by atoms with Crippen LogP contribution >= 0.6 is 0 Å². The molecule has 1 N–H and O–H groups in total. The molecule has 1 saturated heterocycles. The van der Waals surface area contributed by atoms with Gasteiger partial charge in [0.15, 0.2) is 0 Å². The summed E-state index contributed by atoms with van der Waals surface area (Å²) >= 11 is 0. The number of carbonyl (C=O) groups is 2. The summed E-state index contributed by atoms with van der Waals surface area (Å²) in [6, 6.07) is 3.02. The van der Waals surface area contributed by atoms with Gasteiger partial charge in [-0.15, -0.1) is 0 Å². The van der Waals surface area contributed by atoms with Crippen molar-refractivity contribution in [1.82, 2.24) is 4.90 Å².